The first-order valence-electron chi connectivity index (χ1n) is 36.5. The van der Waals surface area contributed by atoms with Gasteiger partial charge in [0.15, 0.2) is 0 Å². The number of nitrogens with zero attached hydrogens (tertiary/aromatic N) is 3. The topological polar surface area (TPSA) is 19.0 Å². The minimum Gasteiger partial charge on any atom is -0.458 e. The maximum atomic E-state index is 9.61. The van der Waals surface area contributed by atoms with Crippen molar-refractivity contribution in [2.45, 2.75) is 57.8 Å². The van der Waals surface area contributed by atoms with Crippen molar-refractivity contribution < 1.29 is 11.6 Å². The van der Waals surface area contributed by atoms with Gasteiger partial charge >= 0.3 is 0 Å². The fourth-order valence-electron chi connectivity index (χ4n) is 17.6. The summed E-state index contributed by atoms with van der Waals surface area (Å²) in [4.78, 5) is 7.18. The standard InChI is InChI=1S/C91H67B2N3O/c1-89(2,3)60-51-61(90(4,5)6)53-64(52-60)95-80-55-83-77(54-76(80)92-74-41-22-24-43-78(74)94(62-29-12-8-13-30-62)81-48-58(49-82(95)86(81)92)56-27-10-7-11-28-56)93-75-42-23-25-44-79(75)96(63-31-14-9-15-32-63)88-66-46-45-57(47-59(66)50-84(97-83)87(88)93)65-36-26-37-70-69-35-18-21-40-73(69)91(85(65)70)71-38-19-16-33-67(71)68-34-17-20-39-72(68)91/h7-55H,1-6H3/i7D,10D,11D,27D,28D. The highest BCUT2D eigenvalue weighted by atomic mass is 16.5. The number of benzene rings is 14. The van der Waals surface area contributed by atoms with E-state index in [0.29, 0.717) is 5.56 Å². The summed E-state index contributed by atoms with van der Waals surface area (Å²) in [7, 11) is 0. The van der Waals surface area contributed by atoms with Crippen LogP contribution in [0.4, 0.5) is 51.2 Å². The molecular formula is C91H67B2N3O. The minimum atomic E-state index is -0.555. The third kappa shape index (κ3) is 7.90. The Bertz CT molecular complexity index is 5900. The van der Waals surface area contributed by atoms with Crippen molar-refractivity contribution in [1.29, 1.82) is 0 Å². The van der Waals surface area contributed by atoms with Crippen LogP contribution in [0, 0.1) is 0 Å². The summed E-state index contributed by atoms with van der Waals surface area (Å²) in [5, 5.41) is 2.16. The highest BCUT2D eigenvalue weighted by Crippen LogP contribution is 2.65. The molecule has 0 bridgehead atoms. The highest BCUT2D eigenvalue weighted by molar-refractivity contribution is 7.02. The van der Waals surface area contributed by atoms with Gasteiger partial charge in [-0.25, -0.2) is 0 Å². The summed E-state index contributed by atoms with van der Waals surface area (Å²) in [6.07, 6.45) is 0. The van der Waals surface area contributed by atoms with Crippen LogP contribution < -0.4 is 52.2 Å². The number of fused-ring (bicyclic) bond motifs is 20. The molecule has 4 heterocycles. The van der Waals surface area contributed by atoms with Gasteiger partial charge in [0.1, 0.15) is 11.5 Å². The number of hydrogen-bond donors (Lipinski definition) is 0. The molecule has 0 amide bonds. The van der Waals surface area contributed by atoms with E-state index in [4.69, 9.17) is 8.85 Å². The lowest BCUT2D eigenvalue weighted by Crippen LogP contribution is -2.64. The molecule has 14 aromatic rings. The van der Waals surface area contributed by atoms with Gasteiger partial charge in [-0.3, -0.25) is 0 Å². The molecule has 2 aliphatic carbocycles. The summed E-state index contributed by atoms with van der Waals surface area (Å²) < 4.78 is 54.1. The van der Waals surface area contributed by atoms with Crippen LogP contribution in [-0.2, 0) is 16.2 Å². The summed E-state index contributed by atoms with van der Waals surface area (Å²) in [5.41, 5.74) is 29.8. The lowest BCUT2D eigenvalue weighted by molar-refractivity contribution is 0.488. The molecule has 458 valence electrons. The highest BCUT2D eigenvalue weighted by Gasteiger charge is 2.53. The van der Waals surface area contributed by atoms with Gasteiger partial charge < -0.3 is 19.4 Å². The number of ether oxygens (including phenoxy) is 1. The van der Waals surface area contributed by atoms with E-state index in [1.807, 2.05) is 6.07 Å². The second-order valence-corrected chi connectivity index (χ2v) is 29.1. The van der Waals surface area contributed by atoms with E-state index in [1.165, 1.54) is 66.7 Å². The SMILES string of the molecule is [2H]c1c([2H])c([2H])c(-c2cc3c4c(c2)N(c2cc(C(C)(C)C)cc(C(C)(C)C)c2)c2cc5c(cc2B4c2ccccc2N3c2ccccc2)B2c3ccccc3N(c3ccccc3)c3c2c(cc2cc(-c4cccc6c4C4(c7ccccc7-c7ccccc74)c4ccccc4-6)ccc32)O5)c([2H])c1[2H]. The van der Waals surface area contributed by atoms with Gasteiger partial charge in [-0.1, -0.05) is 260 Å². The van der Waals surface area contributed by atoms with Gasteiger partial charge in [0.25, 0.3) is 13.4 Å². The van der Waals surface area contributed by atoms with Gasteiger partial charge in [0.2, 0.25) is 0 Å². The normalized spacial score (nSPS) is 15.1. The van der Waals surface area contributed by atoms with Gasteiger partial charge in [0, 0.05) is 57.0 Å². The molecule has 0 saturated heterocycles. The zero-order chi connectivity index (χ0) is 69.1. The van der Waals surface area contributed by atoms with E-state index in [1.54, 1.807) is 0 Å². The van der Waals surface area contributed by atoms with Crippen molar-refractivity contribution in [1.82, 2.24) is 0 Å². The number of rotatable bonds is 5. The quantitative estimate of drug-likeness (QED) is 0.160. The molecule has 0 unspecified atom stereocenters. The molecule has 4 nitrogen and oxygen atoms in total. The summed E-state index contributed by atoms with van der Waals surface area (Å²) in [6, 6.07) is 96.6. The summed E-state index contributed by atoms with van der Waals surface area (Å²) in [6.45, 7) is 13.0. The third-order valence-electron chi connectivity index (χ3n) is 21.8. The average Bonchev–Trinajstić information content (AvgIpc) is 1.35. The molecule has 97 heavy (non-hydrogen) atoms. The van der Waals surface area contributed by atoms with Gasteiger partial charge in [-0.15, -0.1) is 0 Å². The van der Waals surface area contributed by atoms with Crippen molar-refractivity contribution in [2.24, 2.45) is 0 Å². The first-order valence-corrected chi connectivity index (χ1v) is 34.0. The van der Waals surface area contributed by atoms with E-state index < -0.39 is 11.5 Å². The fourth-order valence-corrected chi connectivity index (χ4v) is 17.6. The van der Waals surface area contributed by atoms with Crippen LogP contribution in [0.1, 0.15) is 81.8 Å². The van der Waals surface area contributed by atoms with Crippen LogP contribution in [-0.4, -0.2) is 13.4 Å². The molecule has 6 aliphatic rings. The van der Waals surface area contributed by atoms with Crippen molar-refractivity contribution in [3.05, 3.63) is 331 Å². The zero-order valence-electron chi connectivity index (χ0n) is 59.8. The summed E-state index contributed by atoms with van der Waals surface area (Å²) >= 11 is 0. The third-order valence-corrected chi connectivity index (χ3v) is 21.8. The Hall–Kier alpha value is -11.3. The molecule has 1 spiro atoms. The molecule has 0 N–H and O–H groups in total. The smallest absolute Gasteiger partial charge is 0.256 e. The summed E-state index contributed by atoms with van der Waals surface area (Å²) in [5.74, 6) is 1.52. The molecule has 4 aliphatic heterocycles. The molecular weight excluding hydrogens is 1170 g/mol. The average molecular weight is 1250 g/mol. The lowest BCUT2D eigenvalue weighted by atomic mass is 9.30. The van der Waals surface area contributed by atoms with Gasteiger partial charge in [-0.2, -0.15) is 0 Å². The van der Waals surface area contributed by atoms with Crippen LogP contribution in [0.3, 0.4) is 0 Å². The lowest BCUT2D eigenvalue weighted by Gasteiger charge is -2.46. The molecule has 0 radical (unpaired) electrons. The van der Waals surface area contributed by atoms with Crippen LogP contribution >= 0.6 is 0 Å². The molecule has 0 saturated carbocycles. The second-order valence-electron chi connectivity index (χ2n) is 29.1. The van der Waals surface area contributed by atoms with E-state index >= 15 is 0 Å². The molecule has 0 fully saturated rings. The van der Waals surface area contributed by atoms with Crippen molar-refractivity contribution >= 4 is 108 Å². The van der Waals surface area contributed by atoms with E-state index in [-0.39, 0.29) is 54.0 Å². The van der Waals surface area contributed by atoms with Crippen LogP contribution in [0.15, 0.2) is 297 Å². The minimum absolute atomic E-state index is 0.139. The van der Waals surface area contributed by atoms with Gasteiger partial charge in [0.05, 0.1) is 18.0 Å². The molecule has 0 atom stereocenters. The van der Waals surface area contributed by atoms with Gasteiger partial charge in [-0.05, 0) is 200 Å². The molecule has 20 rings (SSSR count). The first-order chi connectivity index (χ1) is 49.5. The van der Waals surface area contributed by atoms with Crippen LogP contribution in [0.25, 0.3) is 55.3 Å². The maximum Gasteiger partial charge on any atom is 0.256 e. The second kappa shape index (κ2) is 20.3. The first kappa shape index (κ1) is 51.1. The van der Waals surface area contributed by atoms with Crippen molar-refractivity contribution in [3.8, 4) is 56.0 Å². The Kier molecular flexibility index (Phi) is 10.7. The monoisotopic (exact) mass is 1240 g/mol. The Morgan fingerprint density at radius 1 is 0.351 bits per heavy atom. The van der Waals surface area contributed by atoms with Crippen molar-refractivity contribution in [3.63, 3.8) is 0 Å². The van der Waals surface area contributed by atoms with E-state index in [2.05, 4.69) is 317 Å². The zero-order valence-corrected chi connectivity index (χ0v) is 54.8. The Labute approximate surface area is 575 Å². The Morgan fingerprint density at radius 2 is 0.866 bits per heavy atom. The van der Waals surface area contributed by atoms with Crippen LogP contribution in [0.2, 0.25) is 0 Å². The largest absolute Gasteiger partial charge is 0.458 e. The Balaban J connectivity index is 0.867. The van der Waals surface area contributed by atoms with Crippen LogP contribution in [0.5, 0.6) is 11.5 Å². The molecule has 14 aromatic carbocycles. The number of para-hydroxylation sites is 4. The predicted octanol–water partition coefficient (Wildman–Crippen LogP) is 19.6. The predicted molar refractivity (Wildman–Crippen MR) is 408 cm³/mol. The molecule has 0 aromatic heterocycles. The van der Waals surface area contributed by atoms with E-state index in [9.17, 15) is 2.74 Å². The van der Waals surface area contributed by atoms with Crippen molar-refractivity contribution in [2.75, 3.05) is 14.7 Å². The number of anilines is 9. The molecule has 6 heteroatoms. The van der Waals surface area contributed by atoms with E-state index in [0.717, 1.165) is 106 Å². The maximum absolute atomic E-state index is 9.61. The Morgan fingerprint density at radius 3 is 1.48 bits per heavy atom. The number of hydrogen-bond acceptors (Lipinski definition) is 4. The fraction of sp³-hybridized carbons (Fsp3) is 0.0989.